The second kappa shape index (κ2) is 13.9. The zero-order valence-electron chi connectivity index (χ0n) is 23.5. The maximum atomic E-state index is 11.4. The highest BCUT2D eigenvalue weighted by atomic mass is 16.5. The van der Waals surface area contributed by atoms with Gasteiger partial charge in [-0.1, -0.05) is 106 Å². The Morgan fingerprint density at radius 3 is 2.18 bits per heavy atom. The molecule has 1 heterocycles. The van der Waals surface area contributed by atoms with Crippen LogP contribution < -0.4 is 10.1 Å². The van der Waals surface area contributed by atoms with Crippen LogP contribution in [-0.4, -0.2) is 15.5 Å². The maximum absolute atomic E-state index is 11.4. The van der Waals surface area contributed by atoms with E-state index < -0.39 is 0 Å². The van der Waals surface area contributed by atoms with Gasteiger partial charge in [0.1, 0.15) is 11.6 Å². The first-order valence-corrected chi connectivity index (χ1v) is 14.2. The summed E-state index contributed by atoms with van der Waals surface area (Å²) in [5, 5.41) is 4.02. The number of esters is 1. The number of aromatic nitrogens is 2. The van der Waals surface area contributed by atoms with Gasteiger partial charge in [-0.05, 0) is 42.5 Å². The van der Waals surface area contributed by atoms with Gasteiger partial charge < -0.3 is 14.6 Å². The third-order valence-corrected chi connectivity index (χ3v) is 7.23. The van der Waals surface area contributed by atoms with Crippen LogP contribution in [0.5, 0.6) is 5.75 Å². The van der Waals surface area contributed by atoms with Gasteiger partial charge in [0.05, 0.1) is 17.4 Å². The van der Waals surface area contributed by atoms with Crippen LogP contribution in [0.3, 0.4) is 0 Å². The third kappa shape index (κ3) is 7.45. The van der Waals surface area contributed by atoms with Crippen molar-refractivity contribution in [1.29, 1.82) is 0 Å². The van der Waals surface area contributed by atoms with E-state index in [0.717, 1.165) is 62.0 Å². The van der Waals surface area contributed by atoms with Gasteiger partial charge in [-0.2, -0.15) is 0 Å². The number of rotatable bonds is 14. The lowest BCUT2D eigenvalue weighted by atomic mass is 9.82. The zero-order valence-corrected chi connectivity index (χ0v) is 23.5. The molecular formula is C34H41N3O2. The predicted octanol–water partition coefficient (Wildman–Crippen LogP) is 7.69. The second-order valence-corrected chi connectivity index (χ2v) is 10.3. The molecule has 3 aromatic carbocycles. The molecule has 0 radical (unpaired) electrons. The first-order valence-electron chi connectivity index (χ1n) is 14.2. The summed E-state index contributed by atoms with van der Waals surface area (Å²) < 4.78 is 7.70. The molecule has 0 aliphatic carbocycles. The molecule has 1 N–H and O–H groups in total. The van der Waals surface area contributed by atoms with E-state index in [1.165, 1.54) is 18.2 Å². The van der Waals surface area contributed by atoms with Gasteiger partial charge >= 0.3 is 5.97 Å². The number of ether oxygens (including phenoxy) is 1. The molecule has 0 saturated carbocycles. The molecule has 0 aliphatic heterocycles. The van der Waals surface area contributed by atoms with Crippen molar-refractivity contribution in [1.82, 2.24) is 14.9 Å². The Hall–Kier alpha value is -3.70. The molecule has 39 heavy (non-hydrogen) atoms. The molecule has 1 atom stereocenters. The van der Waals surface area contributed by atoms with Crippen LogP contribution in [0.1, 0.15) is 69.7 Å². The van der Waals surface area contributed by atoms with Crippen molar-refractivity contribution in [3.63, 3.8) is 0 Å². The number of benzene rings is 3. The van der Waals surface area contributed by atoms with E-state index in [1.807, 2.05) is 24.3 Å². The molecule has 4 rings (SSSR count). The second-order valence-electron chi connectivity index (χ2n) is 10.3. The first-order chi connectivity index (χ1) is 19.0. The largest absolute Gasteiger partial charge is 0.427 e. The molecule has 204 valence electrons. The Bertz CT molecular complexity index is 1300. The monoisotopic (exact) mass is 523 g/mol. The number of carbonyl (C=O) groups excluding carboxylic acids is 1. The van der Waals surface area contributed by atoms with Crippen molar-refractivity contribution in [2.75, 3.05) is 0 Å². The van der Waals surface area contributed by atoms with Crippen LogP contribution in [0, 0.1) is 0 Å². The van der Waals surface area contributed by atoms with Crippen molar-refractivity contribution in [2.24, 2.45) is 0 Å². The highest BCUT2D eigenvalue weighted by Gasteiger charge is 2.36. The molecule has 0 aliphatic rings. The molecule has 0 amide bonds. The average Bonchev–Trinajstić information content (AvgIpc) is 3.39. The Morgan fingerprint density at radius 2 is 1.54 bits per heavy atom. The summed E-state index contributed by atoms with van der Waals surface area (Å²) in [6.45, 7) is 7.54. The molecule has 0 saturated heterocycles. The summed E-state index contributed by atoms with van der Waals surface area (Å²) in [5.41, 5.74) is 4.52. The quantitative estimate of drug-likeness (QED) is 0.136. The summed E-state index contributed by atoms with van der Waals surface area (Å²) >= 11 is 0. The Labute approximate surface area is 233 Å². The van der Waals surface area contributed by atoms with E-state index in [1.54, 1.807) is 0 Å². The van der Waals surface area contributed by atoms with Crippen molar-refractivity contribution in [3.8, 4) is 17.1 Å². The minimum absolute atomic E-state index is 0.306. The number of hydrogen-bond acceptors (Lipinski definition) is 4. The van der Waals surface area contributed by atoms with Gasteiger partial charge in [0, 0.05) is 25.6 Å². The van der Waals surface area contributed by atoms with Gasteiger partial charge in [0.2, 0.25) is 0 Å². The molecule has 1 unspecified atom stereocenters. The minimum atomic E-state index is -0.308. The highest BCUT2D eigenvalue weighted by molar-refractivity contribution is 5.69. The molecule has 5 nitrogen and oxygen atoms in total. The summed E-state index contributed by atoms with van der Waals surface area (Å²) in [6, 6.07) is 29.1. The fraction of sp³-hybridized carbons (Fsp3) is 0.353. The van der Waals surface area contributed by atoms with Crippen molar-refractivity contribution < 1.29 is 9.53 Å². The summed E-state index contributed by atoms with van der Waals surface area (Å²) in [7, 11) is 0. The van der Waals surface area contributed by atoms with E-state index in [-0.39, 0.29) is 11.5 Å². The average molecular weight is 524 g/mol. The fourth-order valence-corrected chi connectivity index (χ4v) is 5.20. The van der Waals surface area contributed by atoms with Crippen LogP contribution >= 0.6 is 0 Å². The Kier molecular flexibility index (Phi) is 10.1. The lowest BCUT2D eigenvalue weighted by Crippen LogP contribution is -2.45. The Morgan fingerprint density at radius 1 is 0.872 bits per heavy atom. The highest BCUT2D eigenvalue weighted by Crippen LogP contribution is 2.35. The molecule has 0 spiro atoms. The molecule has 0 fully saturated rings. The van der Waals surface area contributed by atoms with Gasteiger partial charge in [0.15, 0.2) is 0 Å². The number of nitrogens with zero attached hydrogens (tertiary/aromatic N) is 2. The molecule has 5 heteroatoms. The number of unbranched alkanes of at least 4 members (excludes halogenated alkanes) is 2. The third-order valence-electron chi connectivity index (χ3n) is 7.23. The summed E-state index contributed by atoms with van der Waals surface area (Å²) in [6.07, 6.45) is 8.40. The van der Waals surface area contributed by atoms with Gasteiger partial charge in [-0.25, -0.2) is 4.98 Å². The lowest BCUT2D eigenvalue weighted by molar-refractivity contribution is -0.131. The number of nitrogens with one attached hydrogen (secondary N) is 1. The van der Waals surface area contributed by atoms with E-state index >= 15 is 0 Å². The van der Waals surface area contributed by atoms with Crippen LogP contribution in [0.4, 0.5) is 0 Å². The van der Waals surface area contributed by atoms with Gasteiger partial charge in [-0.15, -0.1) is 0 Å². The van der Waals surface area contributed by atoms with Crippen molar-refractivity contribution >= 4 is 5.97 Å². The van der Waals surface area contributed by atoms with Crippen molar-refractivity contribution in [2.45, 2.75) is 77.9 Å². The van der Waals surface area contributed by atoms with E-state index in [9.17, 15) is 4.79 Å². The number of hydrogen-bond donors (Lipinski definition) is 1. The van der Waals surface area contributed by atoms with Gasteiger partial charge in [0.25, 0.3) is 0 Å². The zero-order chi connectivity index (χ0) is 27.5. The van der Waals surface area contributed by atoms with E-state index in [2.05, 4.69) is 90.6 Å². The standard InChI is InChI=1S/C34H41N3O2/c1-4-6-22-34(24-28-14-10-8-11-15-28,36-25-29-18-20-31(21-19-29)39-27(3)38)32-26-35-33(37(32)23-7-5-2)30-16-12-9-13-17-30/h8-21,26,36H,4-7,22-25H2,1-3H3. The van der Waals surface area contributed by atoms with Crippen LogP contribution in [0.25, 0.3) is 11.4 Å². The number of carbonyl (C=O) groups is 1. The summed E-state index contributed by atoms with van der Waals surface area (Å²) in [4.78, 5) is 16.4. The van der Waals surface area contributed by atoms with Crippen LogP contribution in [0.15, 0.2) is 91.1 Å². The predicted molar refractivity (Wildman–Crippen MR) is 159 cm³/mol. The topological polar surface area (TPSA) is 56.2 Å². The Balaban J connectivity index is 1.77. The first kappa shape index (κ1) is 28.3. The molecule has 4 aromatic rings. The van der Waals surface area contributed by atoms with Crippen molar-refractivity contribution in [3.05, 3.63) is 108 Å². The van der Waals surface area contributed by atoms with Crippen LogP contribution in [0.2, 0.25) is 0 Å². The number of imidazole rings is 1. The SMILES string of the molecule is CCCCn1c(C(CCCC)(Cc2ccccc2)NCc2ccc(OC(C)=O)cc2)cnc1-c1ccccc1. The minimum Gasteiger partial charge on any atom is -0.427 e. The maximum Gasteiger partial charge on any atom is 0.308 e. The fourth-order valence-electron chi connectivity index (χ4n) is 5.20. The smallest absolute Gasteiger partial charge is 0.308 e. The van der Waals surface area contributed by atoms with Crippen LogP contribution in [-0.2, 0) is 29.8 Å². The lowest BCUT2D eigenvalue weighted by Gasteiger charge is -2.37. The normalized spacial score (nSPS) is 12.7. The van der Waals surface area contributed by atoms with Gasteiger partial charge in [-0.3, -0.25) is 4.79 Å². The molecular weight excluding hydrogens is 482 g/mol. The molecule has 1 aromatic heterocycles. The van der Waals surface area contributed by atoms with E-state index in [4.69, 9.17) is 9.72 Å². The summed E-state index contributed by atoms with van der Waals surface area (Å²) in [5.74, 6) is 1.29. The van der Waals surface area contributed by atoms with E-state index in [0.29, 0.717) is 12.3 Å². The molecule has 0 bridgehead atoms.